The van der Waals surface area contributed by atoms with E-state index in [0.29, 0.717) is 5.56 Å². The van der Waals surface area contributed by atoms with Crippen LogP contribution in [0.1, 0.15) is 5.56 Å². The smallest absolute Gasteiger partial charge is 0.333 e. The Labute approximate surface area is 120 Å². The average Bonchev–Trinajstić information content (AvgIpc) is 2.47. The van der Waals surface area contributed by atoms with E-state index in [1.807, 2.05) is 0 Å². The minimum Gasteiger partial charge on any atom is -0.508 e. The van der Waals surface area contributed by atoms with Crippen molar-refractivity contribution in [3.63, 3.8) is 0 Å². The first kappa shape index (κ1) is 15.5. The summed E-state index contributed by atoms with van der Waals surface area (Å²) in [5.41, 5.74) is 0.672. The number of hydrogen-bond acceptors (Lipinski definition) is 7. The Morgan fingerprint density at radius 3 is 2.52 bits per heavy atom. The Kier molecular flexibility index (Phi) is 4.92. The molecule has 114 valence electrons. The number of carbonyl (C=O) groups excluding carboxylic acids is 1. The SMILES string of the molecule is O=C(/C=C/c1ccc(O)cc1)OC1OCC(O)C(O)C1O. The van der Waals surface area contributed by atoms with E-state index in [4.69, 9.17) is 14.6 Å². The van der Waals surface area contributed by atoms with Crippen LogP contribution in [0, 0.1) is 0 Å². The number of rotatable bonds is 3. The molecule has 0 aromatic heterocycles. The van der Waals surface area contributed by atoms with Crippen LogP contribution in [0.25, 0.3) is 6.08 Å². The van der Waals surface area contributed by atoms with Gasteiger partial charge in [-0.3, -0.25) is 0 Å². The zero-order valence-electron chi connectivity index (χ0n) is 11.0. The second kappa shape index (κ2) is 6.68. The molecule has 4 N–H and O–H groups in total. The third-order valence-corrected chi connectivity index (χ3v) is 2.99. The number of hydrogen-bond donors (Lipinski definition) is 4. The summed E-state index contributed by atoms with van der Waals surface area (Å²) in [6.45, 7) is -0.238. The fourth-order valence-corrected chi connectivity index (χ4v) is 1.79. The van der Waals surface area contributed by atoms with Crippen molar-refractivity contribution >= 4 is 12.0 Å². The van der Waals surface area contributed by atoms with Gasteiger partial charge in [0.15, 0.2) is 0 Å². The molecule has 0 bridgehead atoms. The molecule has 0 saturated carbocycles. The van der Waals surface area contributed by atoms with Gasteiger partial charge in [0.25, 0.3) is 0 Å². The number of ether oxygens (including phenoxy) is 2. The van der Waals surface area contributed by atoms with Crippen LogP contribution in [0.5, 0.6) is 5.75 Å². The number of phenolic OH excluding ortho intramolecular Hbond substituents is 1. The van der Waals surface area contributed by atoms with Crippen LogP contribution >= 0.6 is 0 Å². The standard InChI is InChI=1S/C14H16O7/c15-9-4-1-8(2-5-9)3-6-11(17)21-14-13(19)12(18)10(16)7-20-14/h1-6,10,12-16,18-19H,7H2/b6-3+. The second-order valence-corrected chi connectivity index (χ2v) is 4.61. The van der Waals surface area contributed by atoms with Gasteiger partial charge in [-0.05, 0) is 23.8 Å². The molecule has 7 heteroatoms. The van der Waals surface area contributed by atoms with Crippen molar-refractivity contribution in [2.75, 3.05) is 6.61 Å². The summed E-state index contributed by atoms with van der Waals surface area (Å²) < 4.78 is 9.79. The lowest BCUT2D eigenvalue weighted by molar-refractivity contribution is -0.260. The molecule has 1 aromatic carbocycles. The van der Waals surface area contributed by atoms with Gasteiger partial charge in [0.05, 0.1) is 6.61 Å². The number of aromatic hydroxyl groups is 1. The third kappa shape index (κ3) is 4.02. The maximum atomic E-state index is 11.6. The Bertz CT molecular complexity index is 511. The number of phenols is 1. The first-order valence-electron chi connectivity index (χ1n) is 6.31. The monoisotopic (exact) mass is 296 g/mol. The quantitative estimate of drug-likeness (QED) is 0.434. The van der Waals surface area contributed by atoms with Crippen LogP contribution in [0.4, 0.5) is 0 Å². The maximum Gasteiger partial charge on any atom is 0.333 e. The van der Waals surface area contributed by atoms with Crippen molar-refractivity contribution in [1.29, 1.82) is 0 Å². The lowest BCUT2D eigenvalue weighted by Gasteiger charge is -2.34. The van der Waals surface area contributed by atoms with E-state index < -0.39 is 30.6 Å². The minimum absolute atomic E-state index is 0.112. The maximum absolute atomic E-state index is 11.6. The van der Waals surface area contributed by atoms with Crippen molar-refractivity contribution < 1.29 is 34.7 Å². The van der Waals surface area contributed by atoms with Crippen LogP contribution in [-0.4, -0.2) is 57.6 Å². The van der Waals surface area contributed by atoms with Crippen LogP contribution in [0.15, 0.2) is 30.3 Å². The Balaban J connectivity index is 1.91. The fourth-order valence-electron chi connectivity index (χ4n) is 1.79. The van der Waals surface area contributed by atoms with E-state index in [2.05, 4.69) is 0 Å². The van der Waals surface area contributed by atoms with Gasteiger partial charge in [-0.2, -0.15) is 0 Å². The molecule has 0 aliphatic carbocycles. The molecule has 1 aliphatic rings. The fraction of sp³-hybridized carbons (Fsp3) is 0.357. The molecule has 4 atom stereocenters. The summed E-state index contributed by atoms with van der Waals surface area (Å²) in [7, 11) is 0. The van der Waals surface area contributed by atoms with Gasteiger partial charge in [0, 0.05) is 6.08 Å². The van der Waals surface area contributed by atoms with Gasteiger partial charge >= 0.3 is 5.97 Å². The molecule has 0 amide bonds. The number of aliphatic hydroxyl groups excluding tert-OH is 3. The van der Waals surface area contributed by atoms with Crippen molar-refractivity contribution in [3.8, 4) is 5.75 Å². The van der Waals surface area contributed by atoms with Gasteiger partial charge in [0.1, 0.15) is 24.1 Å². The summed E-state index contributed by atoms with van der Waals surface area (Å²) in [5.74, 6) is -0.656. The molecule has 4 unspecified atom stereocenters. The average molecular weight is 296 g/mol. The van der Waals surface area contributed by atoms with Gasteiger partial charge in [0.2, 0.25) is 6.29 Å². The molecule has 21 heavy (non-hydrogen) atoms. The van der Waals surface area contributed by atoms with E-state index in [9.17, 15) is 20.1 Å². The predicted octanol–water partition coefficient (Wildman–Crippen LogP) is -0.612. The van der Waals surface area contributed by atoms with Gasteiger partial charge in [-0.25, -0.2) is 4.79 Å². The normalized spacial score (nSPS) is 29.5. The van der Waals surface area contributed by atoms with Crippen LogP contribution in [0.2, 0.25) is 0 Å². The summed E-state index contributed by atoms with van der Waals surface area (Å²) in [5, 5.41) is 37.4. The van der Waals surface area contributed by atoms with Crippen molar-refractivity contribution in [3.05, 3.63) is 35.9 Å². The predicted molar refractivity (Wildman–Crippen MR) is 71.0 cm³/mol. The topological polar surface area (TPSA) is 116 Å². The highest BCUT2D eigenvalue weighted by Gasteiger charge is 2.39. The summed E-state index contributed by atoms with van der Waals surface area (Å²) in [4.78, 5) is 11.6. The van der Waals surface area contributed by atoms with Gasteiger partial charge < -0.3 is 29.9 Å². The third-order valence-electron chi connectivity index (χ3n) is 2.99. The van der Waals surface area contributed by atoms with E-state index >= 15 is 0 Å². The molecule has 1 aliphatic heterocycles. The van der Waals surface area contributed by atoms with Gasteiger partial charge in [-0.1, -0.05) is 12.1 Å². The molecule has 0 radical (unpaired) electrons. The highest BCUT2D eigenvalue weighted by molar-refractivity contribution is 5.87. The van der Waals surface area contributed by atoms with E-state index in [0.717, 1.165) is 6.08 Å². The van der Waals surface area contributed by atoms with Crippen LogP contribution in [-0.2, 0) is 14.3 Å². The van der Waals surface area contributed by atoms with E-state index in [1.165, 1.54) is 18.2 Å². The van der Waals surface area contributed by atoms with Crippen molar-refractivity contribution in [2.45, 2.75) is 24.6 Å². The molecular formula is C14H16O7. The number of aliphatic hydroxyl groups is 3. The molecule has 2 rings (SSSR count). The van der Waals surface area contributed by atoms with Crippen LogP contribution < -0.4 is 0 Å². The molecule has 1 saturated heterocycles. The van der Waals surface area contributed by atoms with Crippen molar-refractivity contribution in [2.24, 2.45) is 0 Å². The molecule has 1 fully saturated rings. The highest BCUT2D eigenvalue weighted by atomic mass is 16.7. The second-order valence-electron chi connectivity index (χ2n) is 4.61. The zero-order chi connectivity index (χ0) is 15.4. The number of esters is 1. The van der Waals surface area contributed by atoms with E-state index in [1.54, 1.807) is 12.1 Å². The summed E-state index contributed by atoms with van der Waals surface area (Å²) in [6.07, 6.45) is -2.91. The Hall–Kier alpha value is -1.93. The summed E-state index contributed by atoms with van der Waals surface area (Å²) in [6, 6.07) is 6.14. The molecule has 0 spiro atoms. The molecular weight excluding hydrogens is 280 g/mol. The van der Waals surface area contributed by atoms with Gasteiger partial charge in [-0.15, -0.1) is 0 Å². The number of carbonyl (C=O) groups is 1. The highest BCUT2D eigenvalue weighted by Crippen LogP contribution is 2.17. The first-order chi connectivity index (χ1) is 9.97. The zero-order valence-corrected chi connectivity index (χ0v) is 11.0. The number of benzene rings is 1. The lowest BCUT2D eigenvalue weighted by atomic mass is 10.1. The Morgan fingerprint density at radius 1 is 1.19 bits per heavy atom. The Morgan fingerprint density at radius 2 is 1.86 bits per heavy atom. The largest absolute Gasteiger partial charge is 0.508 e. The first-order valence-corrected chi connectivity index (χ1v) is 6.31. The lowest BCUT2D eigenvalue weighted by Crippen LogP contribution is -2.54. The molecule has 1 heterocycles. The molecule has 7 nitrogen and oxygen atoms in total. The summed E-state index contributed by atoms with van der Waals surface area (Å²) >= 11 is 0. The minimum atomic E-state index is -1.51. The molecule has 1 aromatic rings. The van der Waals surface area contributed by atoms with Crippen LogP contribution in [0.3, 0.4) is 0 Å². The van der Waals surface area contributed by atoms with Crippen molar-refractivity contribution in [1.82, 2.24) is 0 Å². The van der Waals surface area contributed by atoms with E-state index in [-0.39, 0.29) is 12.4 Å².